The van der Waals surface area contributed by atoms with E-state index in [4.69, 9.17) is 5.73 Å². The fraction of sp³-hybridized carbons (Fsp3) is 0.389. The lowest BCUT2D eigenvalue weighted by Crippen LogP contribution is -2.29. The molecule has 0 saturated heterocycles. The standard InChI is InChI=1S/C18H21FN4OS/c1-11-8-15(23(3)22-11)16(24)10-12-4-5-14(19)13(9-12)18(2)6-7-25-17(20)21-18/h4-5,8-9H,6-7,10H2,1-3H3,(H2,20,21). The maximum atomic E-state index is 14.4. The molecule has 0 spiro atoms. The van der Waals surface area contributed by atoms with E-state index in [1.54, 1.807) is 29.9 Å². The van der Waals surface area contributed by atoms with E-state index in [1.165, 1.54) is 17.8 Å². The molecule has 1 atom stereocenters. The number of hydrogen-bond acceptors (Lipinski definition) is 5. The highest BCUT2D eigenvalue weighted by Gasteiger charge is 2.32. The first-order chi connectivity index (χ1) is 11.8. The van der Waals surface area contributed by atoms with Gasteiger partial charge in [-0.1, -0.05) is 17.8 Å². The van der Waals surface area contributed by atoms with E-state index in [1.807, 2.05) is 13.8 Å². The molecule has 25 heavy (non-hydrogen) atoms. The summed E-state index contributed by atoms with van der Waals surface area (Å²) >= 11 is 1.48. The van der Waals surface area contributed by atoms with Gasteiger partial charge in [-0.15, -0.1) is 0 Å². The SMILES string of the molecule is Cc1cc(C(=O)Cc2ccc(F)c(C3(C)CCSC(N)=N3)c2)n(C)n1. The van der Waals surface area contributed by atoms with Crippen LogP contribution in [0.4, 0.5) is 4.39 Å². The average Bonchev–Trinajstić information content (AvgIpc) is 2.87. The minimum Gasteiger partial charge on any atom is -0.379 e. The highest BCUT2D eigenvalue weighted by molar-refractivity contribution is 8.13. The van der Waals surface area contributed by atoms with E-state index in [9.17, 15) is 9.18 Å². The maximum Gasteiger partial charge on any atom is 0.185 e. The molecule has 0 radical (unpaired) electrons. The second-order valence-corrected chi connectivity index (χ2v) is 7.65. The van der Waals surface area contributed by atoms with E-state index in [0.717, 1.165) is 17.0 Å². The third-order valence-electron chi connectivity index (χ3n) is 4.46. The average molecular weight is 360 g/mol. The topological polar surface area (TPSA) is 73.3 Å². The Morgan fingerprint density at radius 3 is 2.84 bits per heavy atom. The molecule has 5 nitrogen and oxygen atoms in total. The van der Waals surface area contributed by atoms with Gasteiger partial charge in [-0.2, -0.15) is 5.10 Å². The van der Waals surface area contributed by atoms with Crippen LogP contribution >= 0.6 is 11.8 Å². The molecule has 2 aromatic rings. The number of nitrogens with two attached hydrogens (primary N) is 1. The molecule has 0 amide bonds. The molecule has 1 aliphatic rings. The quantitative estimate of drug-likeness (QED) is 0.851. The van der Waals surface area contributed by atoms with Crippen LogP contribution in [0.15, 0.2) is 29.3 Å². The number of rotatable bonds is 4. The number of aliphatic imine (C=N–C) groups is 1. The van der Waals surface area contributed by atoms with Crippen molar-refractivity contribution in [2.45, 2.75) is 32.2 Å². The molecule has 2 N–H and O–H groups in total. The number of aromatic nitrogens is 2. The summed E-state index contributed by atoms with van der Waals surface area (Å²) in [6, 6.07) is 6.56. The highest BCUT2D eigenvalue weighted by Crippen LogP contribution is 2.36. The lowest BCUT2D eigenvalue weighted by atomic mass is 9.87. The van der Waals surface area contributed by atoms with Crippen molar-refractivity contribution in [3.63, 3.8) is 0 Å². The van der Waals surface area contributed by atoms with Gasteiger partial charge >= 0.3 is 0 Å². The van der Waals surface area contributed by atoms with Crippen molar-refractivity contribution in [3.8, 4) is 0 Å². The number of carbonyl (C=O) groups is 1. The summed E-state index contributed by atoms with van der Waals surface area (Å²) in [5.41, 5.74) is 7.73. The van der Waals surface area contributed by atoms with Crippen molar-refractivity contribution in [3.05, 3.63) is 52.6 Å². The summed E-state index contributed by atoms with van der Waals surface area (Å²) in [6.45, 7) is 3.73. The van der Waals surface area contributed by atoms with Crippen LogP contribution in [-0.2, 0) is 19.0 Å². The van der Waals surface area contributed by atoms with E-state index in [2.05, 4.69) is 10.1 Å². The first-order valence-electron chi connectivity index (χ1n) is 8.09. The number of thioether (sulfide) groups is 1. The molecule has 7 heteroatoms. The summed E-state index contributed by atoms with van der Waals surface area (Å²) in [7, 11) is 1.74. The Labute approximate surface area is 150 Å². The van der Waals surface area contributed by atoms with Gasteiger partial charge in [-0.3, -0.25) is 14.5 Å². The number of benzene rings is 1. The Bertz CT molecular complexity index is 861. The van der Waals surface area contributed by atoms with Crippen LogP contribution in [0.3, 0.4) is 0 Å². The zero-order valence-corrected chi connectivity index (χ0v) is 15.4. The molecular weight excluding hydrogens is 339 g/mol. The number of nitrogens with zero attached hydrogens (tertiary/aromatic N) is 3. The molecule has 1 aromatic heterocycles. The van der Waals surface area contributed by atoms with Gasteiger partial charge in [0.25, 0.3) is 0 Å². The predicted molar refractivity (Wildman–Crippen MR) is 98.4 cm³/mol. The Kier molecular flexibility index (Phi) is 4.69. The molecule has 2 heterocycles. The Morgan fingerprint density at radius 1 is 1.44 bits per heavy atom. The summed E-state index contributed by atoms with van der Waals surface area (Å²) in [6.07, 6.45) is 0.893. The van der Waals surface area contributed by atoms with Crippen LogP contribution in [0.25, 0.3) is 0 Å². The van der Waals surface area contributed by atoms with Crippen LogP contribution in [0.5, 0.6) is 0 Å². The van der Waals surface area contributed by atoms with Gasteiger partial charge in [0.05, 0.1) is 11.2 Å². The molecule has 1 aliphatic heterocycles. The number of Topliss-reactive ketones (excluding diaryl/α,β-unsaturated/α-hetero) is 1. The number of amidine groups is 1. The zero-order chi connectivity index (χ0) is 18.2. The minimum absolute atomic E-state index is 0.0481. The first kappa shape index (κ1) is 17.7. The normalized spacial score (nSPS) is 20.4. The van der Waals surface area contributed by atoms with Crippen LogP contribution in [-0.4, -0.2) is 26.5 Å². The summed E-state index contributed by atoms with van der Waals surface area (Å²) in [5, 5.41) is 4.67. The minimum atomic E-state index is -0.693. The van der Waals surface area contributed by atoms with Gasteiger partial charge in [0.1, 0.15) is 11.5 Å². The van der Waals surface area contributed by atoms with Gasteiger partial charge < -0.3 is 5.73 Å². The van der Waals surface area contributed by atoms with E-state index in [-0.39, 0.29) is 18.0 Å². The van der Waals surface area contributed by atoms with Crippen molar-refractivity contribution in [1.29, 1.82) is 0 Å². The van der Waals surface area contributed by atoms with Gasteiger partial charge in [-0.25, -0.2) is 4.39 Å². The molecule has 132 valence electrons. The van der Waals surface area contributed by atoms with Crippen molar-refractivity contribution in [1.82, 2.24) is 9.78 Å². The molecule has 0 saturated carbocycles. The molecular formula is C18H21FN4OS. The van der Waals surface area contributed by atoms with Crippen LogP contribution < -0.4 is 5.73 Å². The highest BCUT2D eigenvalue weighted by atomic mass is 32.2. The van der Waals surface area contributed by atoms with Crippen molar-refractivity contribution < 1.29 is 9.18 Å². The Balaban J connectivity index is 1.91. The largest absolute Gasteiger partial charge is 0.379 e. The van der Waals surface area contributed by atoms with E-state index in [0.29, 0.717) is 22.8 Å². The number of carbonyl (C=O) groups excluding carboxylic acids is 1. The second kappa shape index (κ2) is 6.63. The van der Waals surface area contributed by atoms with Crippen molar-refractivity contribution in [2.75, 3.05) is 5.75 Å². The summed E-state index contributed by atoms with van der Waals surface area (Å²) in [5.74, 6) is 0.425. The molecule has 0 bridgehead atoms. The van der Waals surface area contributed by atoms with Gasteiger partial charge in [-0.05, 0) is 44.0 Å². The third-order valence-corrected chi connectivity index (χ3v) is 5.25. The smallest absolute Gasteiger partial charge is 0.185 e. The second-order valence-electron chi connectivity index (χ2n) is 6.53. The molecule has 1 aromatic carbocycles. The van der Waals surface area contributed by atoms with Crippen LogP contribution in [0.1, 0.15) is 40.7 Å². The lowest BCUT2D eigenvalue weighted by Gasteiger charge is -2.30. The fourth-order valence-electron chi connectivity index (χ4n) is 3.12. The monoisotopic (exact) mass is 360 g/mol. The van der Waals surface area contributed by atoms with Gasteiger partial charge in [0.2, 0.25) is 0 Å². The zero-order valence-electron chi connectivity index (χ0n) is 14.5. The number of halogens is 1. The summed E-state index contributed by atoms with van der Waals surface area (Å²) < 4.78 is 16.0. The van der Waals surface area contributed by atoms with Gasteiger partial charge in [0, 0.05) is 24.8 Å². The molecule has 3 rings (SSSR count). The van der Waals surface area contributed by atoms with Crippen LogP contribution in [0.2, 0.25) is 0 Å². The van der Waals surface area contributed by atoms with Crippen LogP contribution in [0, 0.1) is 12.7 Å². The van der Waals surface area contributed by atoms with Crippen molar-refractivity contribution in [2.24, 2.45) is 17.8 Å². The number of aryl methyl sites for hydroxylation is 2. The van der Waals surface area contributed by atoms with E-state index >= 15 is 0 Å². The van der Waals surface area contributed by atoms with Gasteiger partial charge in [0.15, 0.2) is 11.0 Å². The van der Waals surface area contributed by atoms with Crippen molar-refractivity contribution >= 4 is 22.7 Å². The molecule has 1 unspecified atom stereocenters. The summed E-state index contributed by atoms with van der Waals surface area (Å²) in [4.78, 5) is 17.0. The Hall–Kier alpha value is -2.15. The molecule has 0 aliphatic carbocycles. The van der Waals surface area contributed by atoms with E-state index < -0.39 is 5.54 Å². The Morgan fingerprint density at radius 2 is 2.20 bits per heavy atom. The third kappa shape index (κ3) is 3.61. The molecule has 0 fully saturated rings. The number of ketones is 1. The lowest BCUT2D eigenvalue weighted by molar-refractivity contribution is 0.0984. The predicted octanol–water partition coefficient (Wildman–Crippen LogP) is 2.96. The first-order valence-corrected chi connectivity index (χ1v) is 9.08. The maximum absolute atomic E-state index is 14.4. The number of hydrogen-bond donors (Lipinski definition) is 1. The fourth-order valence-corrected chi connectivity index (χ4v) is 4.10.